The summed E-state index contributed by atoms with van der Waals surface area (Å²) in [4.78, 5) is 8.61. The van der Waals surface area contributed by atoms with Crippen molar-refractivity contribution < 1.29 is 14.0 Å². The van der Waals surface area contributed by atoms with Crippen molar-refractivity contribution in [3.8, 4) is 0 Å². The minimum Gasteiger partial charge on any atom is -0.324 e. The third kappa shape index (κ3) is 3.50. The van der Waals surface area contributed by atoms with Crippen LogP contribution in [-0.4, -0.2) is 23.9 Å². The smallest absolute Gasteiger partial charge is 0.324 e. The maximum Gasteiger partial charge on any atom is 0.328 e. The fraction of sp³-hybridized carbons (Fsp3) is 1.00. The van der Waals surface area contributed by atoms with Gasteiger partial charge in [-0.1, -0.05) is 0 Å². The van der Waals surface area contributed by atoms with E-state index in [9.17, 15) is 4.57 Å². The van der Waals surface area contributed by atoms with Gasteiger partial charge in [-0.3, -0.25) is 4.57 Å². The van der Waals surface area contributed by atoms with Gasteiger partial charge in [0.1, 0.15) is 0 Å². The van der Waals surface area contributed by atoms with E-state index in [0.29, 0.717) is 5.75 Å². The molecule has 0 bridgehead atoms. The van der Waals surface area contributed by atoms with Crippen molar-refractivity contribution in [2.75, 3.05) is 19.0 Å². The molecule has 1 unspecified atom stereocenters. The summed E-state index contributed by atoms with van der Waals surface area (Å²) in [6, 6.07) is 0. The highest BCUT2D eigenvalue weighted by atomic mass is 32.1. The van der Waals surface area contributed by atoms with Crippen molar-refractivity contribution >= 4 is 20.2 Å². The Balaban J connectivity index is 3.55. The van der Waals surface area contributed by atoms with Gasteiger partial charge in [-0.05, 0) is 0 Å². The van der Waals surface area contributed by atoms with Crippen molar-refractivity contribution in [3.05, 3.63) is 0 Å². The Morgan fingerprint density at radius 2 is 2.38 bits per heavy atom. The van der Waals surface area contributed by atoms with E-state index in [2.05, 4.69) is 17.2 Å². The van der Waals surface area contributed by atoms with Gasteiger partial charge in [0, 0.05) is 12.9 Å². The fourth-order valence-electron chi connectivity index (χ4n) is 0.218. The first-order valence-electron chi connectivity index (χ1n) is 2.11. The molecule has 0 aliphatic carbocycles. The zero-order valence-corrected chi connectivity index (χ0v) is 6.36. The molecule has 0 aromatic heterocycles. The van der Waals surface area contributed by atoms with Crippen LogP contribution < -0.4 is 0 Å². The van der Waals surface area contributed by atoms with E-state index in [1.54, 1.807) is 0 Å². The Kier molecular flexibility index (Phi) is 3.73. The van der Waals surface area contributed by atoms with Crippen LogP contribution in [0.2, 0.25) is 0 Å². The molecule has 0 fully saturated rings. The number of hydrogen-bond donors (Lipinski definition) is 2. The van der Waals surface area contributed by atoms with Gasteiger partial charge < -0.3 is 9.42 Å². The summed E-state index contributed by atoms with van der Waals surface area (Å²) >= 11 is 3.76. The molecule has 0 aromatic carbocycles. The van der Waals surface area contributed by atoms with E-state index in [-0.39, 0.29) is 6.16 Å². The number of hydrogen-bond acceptors (Lipinski definition) is 3. The van der Waals surface area contributed by atoms with E-state index in [1.165, 1.54) is 7.11 Å². The van der Waals surface area contributed by atoms with Crippen molar-refractivity contribution in [1.82, 2.24) is 0 Å². The highest BCUT2D eigenvalue weighted by Crippen LogP contribution is 2.39. The topological polar surface area (TPSA) is 46.5 Å². The number of rotatable bonds is 3. The van der Waals surface area contributed by atoms with E-state index in [1.807, 2.05) is 0 Å². The molecule has 0 aromatic rings. The van der Waals surface area contributed by atoms with E-state index in [4.69, 9.17) is 4.89 Å². The molecule has 0 saturated carbocycles. The van der Waals surface area contributed by atoms with E-state index < -0.39 is 7.60 Å². The van der Waals surface area contributed by atoms with Crippen LogP contribution >= 0.6 is 20.2 Å². The van der Waals surface area contributed by atoms with Gasteiger partial charge in [0.2, 0.25) is 0 Å². The Morgan fingerprint density at radius 3 is 2.50 bits per heavy atom. The van der Waals surface area contributed by atoms with Gasteiger partial charge >= 0.3 is 7.60 Å². The average Bonchev–Trinajstić information content (AvgIpc) is 1.67. The first-order valence-corrected chi connectivity index (χ1v) is 4.50. The number of thiol groups is 1. The van der Waals surface area contributed by atoms with Gasteiger partial charge in [-0.25, -0.2) is 0 Å². The van der Waals surface area contributed by atoms with Crippen LogP contribution in [0.1, 0.15) is 0 Å². The summed E-state index contributed by atoms with van der Waals surface area (Å²) in [5, 5.41) is 0. The third-order valence-corrected chi connectivity index (χ3v) is 2.60. The lowest BCUT2D eigenvalue weighted by Crippen LogP contribution is -1.90. The zero-order valence-electron chi connectivity index (χ0n) is 4.57. The standard InChI is InChI=1S/C3H9O3PS/c1-6-7(4,5)2-3-8/h8H,2-3H2,1H3,(H,4,5). The first kappa shape index (κ1) is 8.50. The molecule has 1 atom stereocenters. The normalized spacial score (nSPS) is 17.9. The Hall–Kier alpha value is 0.500. The molecular weight excluding hydrogens is 147 g/mol. The van der Waals surface area contributed by atoms with Gasteiger partial charge in [-0.15, -0.1) is 0 Å². The van der Waals surface area contributed by atoms with Crippen molar-refractivity contribution in [2.24, 2.45) is 0 Å². The fourth-order valence-corrected chi connectivity index (χ4v) is 1.41. The van der Waals surface area contributed by atoms with Crippen molar-refractivity contribution in [3.63, 3.8) is 0 Å². The lowest BCUT2D eigenvalue weighted by atomic mass is 11.0. The molecule has 0 spiro atoms. The summed E-state index contributed by atoms with van der Waals surface area (Å²) in [6.07, 6.45) is 0.118. The van der Waals surface area contributed by atoms with Crippen LogP contribution in [0, 0.1) is 0 Å². The Labute approximate surface area is 54.0 Å². The second-order valence-electron chi connectivity index (χ2n) is 1.27. The molecule has 0 aliphatic heterocycles. The molecule has 0 rings (SSSR count). The summed E-state index contributed by atoms with van der Waals surface area (Å²) < 4.78 is 14.7. The molecule has 0 aliphatic rings. The second kappa shape index (κ2) is 3.51. The highest BCUT2D eigenvalue weighted by molar-refractivity contribution is 7.80. The van der Waals surface area contributed by atoms with Gasteiger partial charge in [0.15, 0.2) is 0 Å². The minimum absolute atomic E-state index is 0.118. The summed E-state index contributed by atoms with van der Waals surface area (Å²) in [7, 11) is -2.04. The minimum atomic E-state index is -3.25. The lowest BCUT2D eigenvalue weighted by Gasteiger charge is -2.04. The van der Waals surface area contributed by atoms with Crippen LogP contribution in [0.5, 0.6) is 0 Å². The van der Waals surface area contributed by atoms with Crippen molar-refractivity contribution in [2.45, 2.75) is 0 Å². The monoisotopic (exact) mass is 156 g/mol. The maximum atomic E-state index is 10.5. The van der Waals surface area contributed by atoms with E-state index in [0.717, 1.165) is 0 Å². The van der Waals surface area contributed by atoms with Crippen LogP contribution in [-0.2, 0) is 9.09 Å². The molecular formula is C3H9O3PS. The molecule has 0 amide bonds. The van der Waals surface area contributed by atoms with Crippen molar-refractivity contribution in [1.29, 1.82) is 0 Å². The second-order valence-corrected chi connectivity index (χ2v) is 3.80. The predicted octanol–water partition coefficient (Wildman–Crippen LogP) is 0.748. The van der Waals surface area contributed by atoms with E-state index >= 15 is 0 Å². The molecule has 0 saturated heterocycles. The average molecular weight is 156 g/mol. The molecule has 5 heteroatoms. The van der Waals surface area contributed by atoms with Gasteiger partial charge in [-0.2, -0.15) is 12.6 Å². The maximum absolute atomic E-state index is 10.5. The van der Waals surface area contributed by atoms with Crippen LogP contribution in [0.15, 0.2) is 0 Å². The molecule has 1 N–H and O–H groups in total. The predicted molar refractivity (Wildman–Crippen MR) is 35.6 cm³/mol. The molecule has 0 heterocycles. The van der Waals surface area contributed by atoms with Crippen LogP contribution in [0.25, 0.3) is 0 Å². The van der Waals surface area contributed by atoms with Crippen LogP contribution in [0.4, 0.5) is 0 Å². The quantitative estimate of drug-likeness (QED) is 0.468. The molecule has 3 nitrogen and oxygen atoms in total. The summed E-state index contributed by atoms with van der Waals surface area (Å²) in [6.45, 7) is 0. The Bertz CT molecular complexity index is 105. The largest absolute Gasteiger partial charge is 0.328 e. The lowest BCUT2D eigenvalue weighted by molar-refractivity contribution is 0.317. The summed E-state index contributed by atoms with van der Waals surface area (Å²) in [5.41, 5.74) is 0. The zero-order chi connectivity index (χ0) is 6.62. The molecule has 0 radical (unpaired) electrons. The summed E-state index contributed by atoms with van der Waals surface area (Å²) in [5.74, 6) is 0.377. The first-order chi connectivity index (χ1) is 3.62. The third-order valence-electron chi connectivity index (χ3n) is 0.668. The highest BCUT2D eigenvalue weighted by Gasteiger charge is 2.13. The van der Waals surface area contributed by atoms with Gasteiger partial charge in [0.05, 0.1) is 6.16 Å². The Morgan fingerprint density at radius 1 is 1.88 bits per heavy atom. The molecule has 8 heavy (non-hydrogen) atoms. The van der Waals surface area contributed by atoms with Crippen LogP contribution in [0.3, 0.4) is 0 Å². The van der Waals surface area contributed by atoms with Gasteiger partial charge in [0.25, 0.3) is 0 Å². The molecule has 50 valence electrons. The SMILES string of the molecule is COP(=O)(O)CCS.